The van der Waals surface area contributed by atoms with Gasteiger partial charge in [-0.15, -0.1) is 23.5 Å². The minimum Gasteiger partial charge on any atom is -0.143 e. The Labute approximate surface area is 103 Å². The van der Waals surface area contributed by atoms with Crippen LogP contribution in [0.1, 0.15) is 40.0 Å². The van der Waals surface area contributed by atoms with Gasteiger partial charge in [0.1, 0.15) is 0 Å². The average Bonchev–Trinajstić information content (AvgIpc) is 2.25. The van der Waals surface area contributed by atoms with E-state index in [1.807, 2.05) is 0 Å². The molecule has 0 aromatic carbocycles. The highest BCUT2D eigenvalue weighted by Crippen LogP contribution is 2.35. The minimum absolute atomic E-state index is 0.741. The van der Waals surface area contributed by atoms with Crippen LogP contribution >= 0.6 is 23.5 Å². The molecule has 86 valence electrons. The highest BCUT2D eigenvalue weighted by Gasteiger charge is 2.15. The molecule has 0 aromatic rings. The lowest BCUT2D eigenvalue weighted by Crippen LogP contribution is -2.07. The number of allylic oxidation sites excluding steroid dienone is 3. The van der Waals surface area contributed by atoms with Crippen molar-refractivity contribution >= 4 is 23.5 Å². The summed E-state index contributed by atoms with van der Waals surface area (Å²) >= 11 is 4.23. The molecule has 0 amide bonds. The second-order valence-electron chi connectivity index (χ2n) is 4.23. The monoisotopic (exact) mass is 242 g/mol. The Hall–Kier alpha value is 0.180. The molecule has 0 radical (unpaired) electrons. The zero-order valence-electron chi connectivity index (χ0n) is 10.1. The Bertz CT molecular complexity index is 231. The lowest BCUT2D eigenvalue weighted by Gasteiger charge is -2.21. The molecule has 1 aliphatic heterocycles. The van der Waals surface area contributed by atoms with Crippen LogP contribution in [0, 0.1) is 0 Å². The molecule has 0 N–H and O–H groups in total. The van der Waals surface area contributed by atoms with Crippen LogP contribution < -0.4 is 0 Å². The number of hydrogen-bond acceptors (Lipinski definition) is 2. The van der Waals surface area contributed by atoms with Crippen LogP contribution in [0.25, 0.3) is 0 Å². The van der Waals surface area contributed by atoms with E-state index in [0.717, 1.165) is 4.58 Å². The van der Waals surface area contributed by atoms with Crippen molar-refractivity contribution in [3.05, 3.63) is 23.3 Å². The molecule has 0 aromatic heterocycles. The van der Waals surface area contributed by atoms with Gasteiger partial charge >= 0.3 is 0 Å². The summed E-state index contributed by atoms with van der Waals surface area (Å²) in [5.74, 6) is 2.69. The molecule has 0 spiro atoms. The molecule has 1 saturated heterocycles. The maximum absolute atomic E-state index is 2.43. The fraction of sp³-hybridized carbons (Fsp3) is 0.692. The predicted molar refractivity (Wildman–Crippen MR) is 75.7 cm³/mol. The Morgan fingerprint density at radius 2 is 1.67 bits per heavy atom. The van der Waals surface area contributed by atoms with Crippen LogP contribution in [0.5, 0.6) is 0 Å². The van der Waals surface area contributed by atoms with Gasteiger partial charge in [0.25, 0.3) is 0 Å². The first kappa shape index (κ1) is 13.2. The molecule has 1 heterocycles. The lowest BCUT2D eigenvalue weighted by atomic mass is 10.2. The Morgan fingerprint density at radius 3 is 2.27 bits per heavy atom. The third kappa shape index (κ3) is 5.72. The summed E-state index contributed by atoms with van der Waals surface area (Å²) in [5.41, 5.74) is 3.01. The Morgan fingerprint density at radius 1 is 1.07 bits per heavy atom. The van der Waals surface area contributed by atoms with Crippen LogP contribution in [0.15, 0.2) is 23.3 Å². The maximum atomic E-state index is 2.43. The average molecular weight is 242 g/mol. The molecule has 1 fully saturated rings. The van der Waals surface area contributed by atoms with Crippen molar-refractivity contribution in [1.29, 1.82) is 0 Å². The molecular weight excluding hydrogens is 220 g/mol. The SMILES string of the molecule is CC(C)=CCC/C=C(/C)C1SCCCS1. The fourth-order valence-electron chi connectivity index (χ4n) is 1.53. The summed E-state index contributed by atoms with van der Waals surface area (Å²) in [6, 6.07) is 0. The van der Waals surface area contributed by atoms with Crippen LogP contribution in [0.3, 0.4) is 0 Å². The van der Waals surface area contributed by atoms with Gasteiger partial charge < -0.3 is 0 Å². The van der Waals surface area contributed by atoms with Crippen LogP contribution in [-0.4, -0.2) is 16.1 Å². The first-order chi connectivity index (χ1) is 7.20. The molecule has 0 unspecified atom stereocenters. The molecular formula is C13H22S2. The molecule has 1 aliphatic rings. The van der Waals surface area contributed by atoms with Gasteiger partial charge in [-0.1, -0.05) is 23.3 Å². The normalized spacial score (nSPS) is 19.0. The maximum Gasteiger partial charge on any atom is 0.0708 e. The van der Waals surface area contributed by atoms with Gasteiger partial charge in [0, 0.05) is 0 Å². The third-order valence-corrected chi connectivity index (χ3v) is 5.60. The van der Waals surface area contributed by atoms with E-state index in [1.165, 1.54) is 36.3 Å². The Kier molecular flexibility index (Phi) is 6.58. The minimum atomic E-state index is 0.741. The van der Waals surface area contributed by atoms with Crippen LogP contribution in [0.2, 0.25) is 0 Å². The standard InChI is InChI=1S/C13H22S2/c1-11(2)7-4-5-8-12(3)13-14-9-6-10-15-13/h7-8,13H,4-6,9-10H2,1-3H3/b12-8-. The number of thioether (sulfide) groups is 2. The van der Waals surface area contributed by atoms with Gasteiger partial charge in [0.15, 0.2) is 0 Å². The Balaban J connectivity index is 2.28. The van der Waals surface area contributed by atoms with Gasteiger partial charge in [-0.25, -0.2) is 0 Å². The summed E-state index contributed by atoms with van der Waals surface area (Å²) in [6.07, 6.45) is 8.54. The van der Waals surface area contributed by atoms with Crippen molar-refractivity contribution in [3.8, 4) is 0 Å². The largest absolute Gasteiger partial charge is 0.143 e. The summed E-state index contributed by atoms with van der Waals surface area (Å²) in [7, 11) is 0. The second-order valence-corrected chi connectivity index (χ2v) is 6.96. The summed E-state index contributed by atoms with van der Waals surface area (Å²) in [4.78, 5) is 0. The summed E-state index contributed by atoms with van der Waals surface area (Å²) in [5, 5.41) is 0. The number of unbranched alkanes of at least 4 members (excludes halogenated alkanes) is 1. The number of hydrogen-bond donors (Lipinski definition) is 0. The topological polar surface area (TPSA) is 0 Å². The van der Waals surface area contributed by atoms with E-state index in [0.29, 0.717) is 0 Å². The van der Waals surface area contributed by atoms with Crippen LogP contribution in [0.4, 0.5) is 0 Å². The highest BCUT2D eigenvalue weighted by atomic mass is 32.2. The summed E-state index contributed by atoms with van der Waals surface area (Å²) in [6.45, 7) is 6.63. The van der Waals surface area contributed by atoms with Crippen molar-refractivity contribution in [2.45, 2.75) is 44.6 Å². The molecule has 0 bridgehead atoms. The fourth-order valence-corrected chi connectivity index (χ4v) is 4.44. The quantitative estimate of drug-likeness (QED) is 0.509. The predicted octanol–water partition coefficient (Wildman–Crippen LogP) is 4.88. The zero-order chi connectivity index (χ0) is 11.1. The van der Waals surface area contributed by atoms with E-state index in [4.69, 9.17) is 0 Å². The second kappa shape index (κ2) is 7.45. The van der Waals surface area contributed by atoms with Crippen molar-refractivity contribution in [1.82, 2.24) is 0 Å². The van der Waals surface area contributed by atoms with Crippen molar-refractivity contribution in [2.24, 2.45) is 0 Å². The highest BCUT2D eigenvalue weighted by molar-refractivity contribution is 8.17. The van der Waals surface area contributed by atoms with Gasteiger partial charge in [-0.3, -0.25) is 0 Å². The summed E-state index contributed by atoms with van der Waals surface area (Å²) < 4.78 is 0.741. The van der Waals surface area contributed by atoms with E-state index in [2.05, 4.69) is 56.4 Å². The molecule has 15 heavy (non-hydrogen) atoms. The molecule has 0 saturated carbocycles. The van der Waals surface area contributed by atoms with Crippen LogP contribution in [-0.2, 0) is 0 Å². The molecule has 1 rings (SSSR count). The molecule has 0 aliphatic carbocycles. The van der Waals surface area contributed by atoms with E-state index in [1.54, 1.807) is 5.57 Å². The molecule has 0 nitrogen and oxygen atoms in total. The zero-order valence-corrected chi connectivity index (χ0v) is 11.7. The lowest BCUT2D eigenvalue weighted by molar-refractivity contribution is 1.01. The van der Waals surface area contributed by atoms with Crippen molar-refractivity contribution < 1.29 is 0 Å². The first-order valence-electron chi connectivity index (χ1n) is 5.73. The molecule has 0 atom stereocenters. The smallest absolute Gasteiger partial charge is 0.0708 e. The first-order valence-corrected chi connectivity index (χ1v) is 7.83. The van der Waals surface area contributed by atoms with E-state index in [-0.39, 0.29) is 0 Å². The van der Waals surface area contributed by atoms with E-state index in [9.17, 15) is 0 Å². The third-order valence-electron chi connectivity index (χ3n) is 2.38. The van der Waals surface area contributed by atoms with E-state index >= 15 is 0 Å². The van der Waals surface area contributed by atoms with Gasteiger partial charge in [-0.05, 0) is 51.5 Å². The van der Waals surface area contributed by atoms with E-state index < -0.39 is 0 Å². The van der Waals surface area contributed by atoms with Crippen molar-refractivity contribution in [3.63, 3.8) is 0 Å². The van der Waals surface area contributed by atoms with Gasteiger partial charge in [-0.2, -0.15) is 0 Å². The van der Waals surface area contributed by atoms with Crippen molar-refractivity contribution in [2.75, 3.05) is 11.5 Å². The van der Waals surface area contributed by atoms with Gasteiger partial charge in [0.05, 0.1) is 4.58 Å². The van der Waals surface area contributed by atoms with Gasteiger partial charge in [0.2, 0.25) is 0 Å². The number of rotatable bonds is 4. The molecule has 2 heteroatoms.